The molecule has 5 heteroatoms. The topological polar surface area (TPSA) is 67.8 Å². The number of nitrogens with zero attached hydrogens (tertiary/aromatic N) is 3. The van der Waals surface area contributed by atoms with Gasteiger partial charge in [0.15, 0.2) is 0 Å². The molecule has 0 aliphatic heterocycles. The summed E-state index contributed by atoms with van der Waals surface area (Å²) in [5.74, 6) is 0.0500. The van der Waals surface area contributed by atoms with Crippen molar-refractivity contribution < 1.29 is 4.79 Å². The number of fused-ring (bicyclic) bond motifs is 1. The van der Waals surface area contributed by atoms with Gasteiger partial charge in [-0.1, -0.05) is 18.2 Å². The van der Waals surface area contributed by atoms with Gasteiger partial charge >= 0.3 is 0 Å². The minimum absolute atomic E-state index is 0.238. The molecule has 0 saturated carbocycles. The number of pyridine rings is 1. The van der Waals surface area contributed by atoms with Crippen LogP contribution in [0.5, 0.6) is 0 Å². The van der Waals surface area contributed by atoms with Crippen LogP contribution in [-0.2, 0) is 0 Å². The quantitative estimate of drug-likeness (QED) is 0.772. The van der Waals surface area contributed by atoms with E-state index >= 15 is 0 Å². The number of carbonyl (C=O) groups is 1. The number of amides is 1. The van der Waals surface area contributed by atoms with Crippen molar-refractivity contribution in [3.8, 4) is 0 Å². The smallest absolute Gasteiger partial charge is 0.258 e. The molecule has 0 spiro atoms. The Labute approximate surface area is 115 Å². The molecule has 1 aromatic carbocycles. The van der Waals surface area contributed by atoms with E-state index in [-0.39, 0.29) is 11.9 Å². The van der Waals surface area contributed by atoms with E-state index in [0.717, 1.165) is 16.6 Å². The van der Waals surface area contributed by atoms with Crippen LogP contribution in [0, 0.1) is 6.92 Å². The minimum Gasteiger partial charge on any atom is -0.290 e. The van der Waals surface area contributed by atoms with E-state index in [1.54, 1.807) is 24.5 Å². The summed E-state index contributed by atoms with van der Waals surface area (Å²) in [7, 11) is 0. The van der Waals surface area contributed by atoms with Crippen molar-refractivity contribution in [3.05, 3.63) is 60.0 Å². The van der Waals surface area contributed by atoms with Gasteiger partial charge in [-0.15, -0.1) is 0 Å². The highest BCUT2D eigenvalue weighted by Gasteiger charge is 2.12. The molecule has 5 nitrogen and oxygen atoms in total. The first kappa shape index (κ1) is 12.2. The van der Waals surface area contributed by atoms with Crippen LogP contribution in [-0.4, -0.2) is 20.9 Å². The molecule has 0 bridgehead atoms. The van der Waals surface area contributed by atoms with E-state index in [9.17, 15) is 4.79 Å². The Bertz CT molecular complexity index is 771. The van der Waals surface area contributed by atoms with Crippen LogP contribution < -0.4 is 5.32 Å². The molecule has 98 valence electrons. The molecule has 3 rings (SSSR count). The largest absolute Gasteiger partial charge is 0.290 e. The molecule has 2 aromatic heterocycles. The summed E-state index contributed by atoms with van der Waals surface area (Å²) in [6, 6.07) is 11.0. The number of rotatable bonds is 2. The van der Waals surface area contributed by atoms with Gasteiger partial charge in [0.25, 0.3) is 5.91 Å². The van der Waals surface area contributed by atoms with Crippen molar-refractivity contribution in [3.63, 3.8) is 0 Å². The lowest BCUT2D eigenvalue weighted by Gasteiger charge is -2.07. The molecule has 0 saturated heterocycles. The zero-order chi connectivity index (χ0) is 13.9. The van der Waals surface area contributed by atoms with Gasteiger partial charge in [-0.3, -0.25) is 15.1 Å². The van der Waals surface area contributed by atoms with Crippen LogP contribution in [0.1, 0.15) is 16.1 Å². The summed E-state index contributed by atoms with van der Waals surface area (Å²) in [5, 5.41) is 3.50. The number of nitrogens with one attached hydrogen (secondary N) is 1. The Morgan fingerprint density at radius 2 is 1.85 bits per heavy atom. The number of hydrogen-bond donors (Lipinski definition) is 1. The number of carbonyl (C=O) groups excluding carboxylic acids is 1. The molecule has 2 heterocycles. The van der Waals surface area contributed by atoms with Crippen LogP contribution in [0.2, 0.25) is 0 Å². The fourth-order valence-electron chi connectivity index (χ4n) is 2.03. The first-order valence-electron chi connectivity index (χ1n) is 6.19. The standard InChI is InChI=1S/C15H12N4O/c1-10-9-12(11-5-2-3-6-13(11)18-10)14(20)19-15-16-7-4-8-17-15/h2-9H,1H3,(H,16,17,19,20). The molecule has 20 heavy (non-hydrogen) atoms. The maximum absolute atomic E-state index is 12.4. The zero-order valence-electron chi connectivity index (χ0n) is 10.9. The molecule has 0 unspecified atom stereocenters. The van der Waals surface area contributed by atoms with Crippen LogP contribution >= 0.6 is 0 Å². The number of anilines is 1. The van der Waals surface area contributed by atoms with Crippen molar-refractivity contribution in [1.82, 2.24) is 15.0 Å². The summed E-state index contributed by atoms with van der Waals surface area (Å²) >= 11 is 0. The molecule has 3 aromatic rings. The highest BCUT2D eigenvalue weighted by Crippen LogP contribution is 2.18. The molecule has 1 N–H and O–H groups in total. The average Bonchev–Trinajstić information content (AvgIpc) is 2.47. The fourth-order valence-corrected chi connectivity index (χ4v) is 2.03. The predicted molar refractivity (Wildman–Crippen MR) is 76.5 cm³/mol. The van der Waals surface area contributed by atoms with E-state index in [0.29, 0.717) is 5.56 Å². The van der Waals surface area contributed by atoms with Crippen molar-refractivity contribution in [1.29, 1.82) is 0 Å². The summed E-state index contributed by atoms with van der Waals surface area (Å²) in [6.45, 7) is 1.86. The second kappa shape index (κ2) is 5.05. The van der Waals surface area contributed by atoms with Gasteiger partial charge in [-0.05, 0) is 25.1 Å². The zero-order valence-corrected chi connectivity index (χ0v) is 10.9. The lowest BCUT2D eigenvalue weighted by atomic mass is 10.1. The Morgan fingerprint density at radius 1 is 1.10 bits per heavy atom. The van der Waals surface area contributed by atoms with Gasteiger partial charge < -0.3 is 0 Å². The molecule has 1 amide bonds. The van der Waals surface area contributed by atoms with E-state index in [4.69, 9.17) is 0 Å². The van der Waals surface area contributed by atoms with Crippen molar-refractivity contribution >= 4 is 22.8 Å². The maximum atomic E-state index is 12.4. The number of aryl methyl sites for hydroxylation is 1. The van der Waals surface area contributed by atoms with Gasteiger partial charge in [0.2, 0.25) is 5.95 Å². The molecule has 0 fully saturated rings. The fraction of sp³-hybridized carbons (Fsp3) is 0.0667. The van der Waals surface area contributed by atoms with Crippen LogP contribution in [0.4, 0.5) is 5.95 Å². The SMILES string of the molecule is Cc1cc(C(=O)Nc2ncccn2)c2ccccc2n1. The van der Waals surface area contributed by atoms with Gasteiger partial charge in [0.1, 0.15) is 0 Å². The van der Waals surface area contributed by atoms with Gasteiger partial charge in [-0.2, -0.15) is 0 Å². The third kappa shape index (κ3) is 2.33. The van der Waals surface area contributed by atoms with Gasteiger partial charge in [0.05, 0.1) is 11.1 Å². The van der Waals surface area contributed by atoms with Crippen LogP contribution in [0.15, 0.2) is 48.8 Å². The van der Waals surface area contributed by atoms with Gasteiger partial charge in [0, 0.05) is 23.5 Å². The van der Waals surface area contributed by atoms with E-state index in [1.165, 1.54) is 0 Å². The predicted octanol–water partition coefficient (Wildman–Crippen LogP) is 2.59. The van der Waals surface area contributed by atoms with Crippen molar-refractivity contribution in [2.24, 2.45) is 0 Å². The number of para-hydroxylation sites is 1. The van der Waals surface area contributed by atoms with E-state index < -0.39 is 0 Å². The summed E-state index contributed by atoms with van der Waals surface area (Å²) in [6.07, 6.45) is 3.16. The Balaban J connectivity index is 2.03. The lowest BCUT2D eigenvalue weighted by Crippen LogP contribution is -2.15. The number of hydrogen-bond acceptors (Lipinski definition) is 4. The van der Waals surface area contributed by atoms with Crippen LogP contribution in [0.25, 0.3) is 10.9 Å². The molecule has 0 radical (unpaired) electrons. The Morgan fingerprint density at radius 3 is 2.65 bits per heavy atom. The molecular formula is C15H12N4O. The summed E-state index contributed by atoms with van der Waals surface area (Å²) in [4.78, 5) is 24.8. The third-order valence-electron chi connectivity index (χ3n) is 2.88. The first-order valence-corrected chi connectivity index (χ1v) is 6.19. The van der Waals surface area contributed by atoms with E-state index in [1.807, 2.05) is 31.2 Å². The first-order chi connectivity index (χ1) is 9.74. The molecule has 0 atom stereocenters. The van der Waals surface area contributed by atoms with Crippen LogP contribution in [0.3, 0.4) is 0 Å². The molecular weight excluding hydrogens is 252 g/mol. The monoisotopic (exact) mass is 264 g/mol. The second-order valence-electron chi connectivity index (χ2n) is 4.35. The normalized spacial score (nSPS) is 10.4. The Kier molecular flexibility index (Phi) is 3.09. The third-order valence-corrected chi connectivity index (χ3v) is 2.88. The lowest BCUT2D eigenvalue weighted by molar-refractivity contribution is 0.102. The number of benzene rings is 1. The number of aromatic nitrogens is 3. The minimum atomic E-state index is -0.238. The Hall–Kier alpha value is -2.82. The summed E-state index contributed by atoms with van der Waals surface area (Å²) in [5.41, 5.74) is 2.16. The highest BCUT2D eigenvalue weighted by atomic mass is 16.1. The van der Waals surface area contributed by atoms with E-state index in [2.05, 4.69) is 20.3 Å². The second-order valence-corrected chi connectivity index (χ2v) is 4.35. The summed E-state index contributed by atoms with van der Waals surface area (Å²) < 4.78 is 0. The van der Waals surface area contributed by atoms with Gasteiger partial charge in [-0.25, -0.2) is 9.97 Å². The highest BCUT2D eigenvalue weighted by molar-refractivity contribution is 6.11. The average molecular weight is 264 g/mol. The van der Waals surface area contributed by atoms with Crippen molar-refractivity contribution in [2.45, 2.75) is 6.92 Å². The maximum Gasteiger partial charge on any atom is 0.258 e. The van der Waals surface area contributed by atoms with Crippen molar-refractivity contribution in [2.75, 3.05) is 5.32 Å². The molecule has 0 aliphatic carbocycles. The molecule has 0 aliphatic rings.